The number of benzene rings is 3. The van der Waals surface area contributed by atoms with Gasteiger partial charge in [0.25, 0.3) is 11.8 Å². The molecule has 6 nitrogen and oxygen atoms in total. The molecule has 1 aliphatic rings. The van der Waals surface area contributed by atoms with Gasteiger partial charge in [0.1, 0.15) is 0 Å². The molecule has 2 atom stereocenters. The van der Waals surface area contributed by atoms with Crippen LogP contribution in [0.4, 0.5) is 26.3 Å². The molecule has 0 saturated carbocycles. The van der Waals surface area contributed by atoms with E-state index in [0.717, 1.165) is 0 Å². The third-order valence-corrected chi connectivity index (χ3v) is 7.78. The molecular formula is C31H24ClF6N3O3. The summed E-state index contributed by atoms with van der Waals surface area (Å²) in [6, 6.07) is 14.1. The van der Waals surface area contributed by atoms with Gasteiger partial charge in [0.05, 0.1) is 16.7 Å². The molecular weight excluding hydrogens is 612 g/mol. The van der Waals surface area contributed by atoms with Gasteiger partial charge in [-0.2, -0.15) is 26.3 Å². The maximum absolute atomic E-state index is 13.6. The molecule has 0 spiro atoms. The third kappa shape index (κ3) is 6.91. The Kier molecular flexibility index (Phi) is 8.48. The lowest BCUT2D eigenvalue weighted by Crippen LogP contribution is -2.52. The van der Waals surface area contributed by atoms with Crippen molar-refractivity contribution in [1.29, 1.82) is 0 Å². The summed E-state index contributed by atoms with van der Waals surface area (Å²) in [5, 5.41) is 3.85. The number of nitrogens with one attached hydrogen (secondary N) is 2. The summed E-state index contributed by atoms with van der Waals surface area (Å²) < 4.78 is 81.1. The maximum atomic E-state index is 13.6. The van der Waals surface area contributed by atoms with E-state index in [2.05, 4.69) is 10.3 Å². The second-order valence-electron chi connectivity index (χ2n) is 10.6. The number of pyridine rings is 1. The number of alkyl halides is 6. The van der Waals surface area contributed by atoms with E-state index in [1.54, 1.807) is 48.5 Å². The topological polar surface area (TPSA) is 82.3 Å². The first-order valence-electron chi connectivity index (χ1n) is 13.5. The Bertz CT molecular complexity index is 1740. The van der Waals surface area contributed by atoms with Gasteiger partial charge < -0.3 is 15.2 Å². The average molecular weight is 636 g/mol. The highest BCUT2D eigenvalue weighted by Gasteiger charge is 2.39. The smallest absolute Gasteiger partial charge is 0.349 e. The Labute approximate surface area is 251 Å². The lowest BCUT2D eigenvalue weighted by Gasteiger charge is -2.40. The van der Waals surface area contributed by atoms with Crippen molar-refractivity contribution in [3.63, 3.8) is 0 Å². The molecule has 0 aliphatic carbocycles. The van der Waals surface area contributed by atoms with Gasteiger partial charge in [-0.3, -0.25) is 14.4 Å². The predicted octanol–water partition coefficient (Wildman–Crippen LogP) is 6.87. The molecule has 13 heteroatoms. The van der Waals surface area contributed by atoms with Crippen molar-refractivity contribution in [2.75, 3.05) is 6.54 Å². The molecule has 2 heterocycles. The Morgan fingerprint density at radius 1 is 0.909 bits per heavy atom. The van der Waals surface area contributed by atoms with Crippen molar-refractivity contribution in [3.8, 4) is 0 Å². The van der Waals surface area contributed by atoms with Crippen molar-refractivity contribution in [2.24, 2.45) is 0 Å². The summed E-state index contributed by atoms with van der Waals surface area (Å²) in [6.07, 6.45) is -9.72. The lowest BCUT2D eigenvalue weighted by atomic mass is 9.90. The zero-order valence-corrected chi connectivity index (χ0v) is 23.5. The van der Waals surface area contributed by atoms with Crippen molar-refractivity contribution in [2.45, 2.75) is 43.7 Å². The number of aromatic amines is 1. The number of carbonyl (C=O) groups is 2. The molecule has 1 aromatic heterocycles. The molecule has 2 amide bonds. The Hall–Kier alpha value is -4.32. The number of amides is 2. The normalized spacial score (nSPS) is 17.5. The van der Waals surface area contributed by atoms with Crippen LogP contribution in [0.3, 0.4) is 0 Å². The van der Waals surface area contributed by atoms with Gasteiger partial charge >= 0.3 is 12.4 Å². The second-order valence-corrected chi connectivity index (χ2v) is 11.0. The molecule has 3 aromatic carbocycles. The van der Waals surface area contributed by atoms with Crippen LogP contribution in [-0.2, 0) is 18.8 Å². The molecule has 1 aliphatic heterocycles. The van der Waals surface area contributed by atoms with Gasteiger partial charge in [-0.25, -0.2) is 0 Å². The summed E-state index contributed by atoms with van der Waals surface area (Å²) in [6.45, 7) is -0.0598. The SMILES string of the molecule is O=C(N[C@H]1CCN(C(=O)c2cc(C(F)(F)F)cc(C(F)(F)F)c2)[C@H](Cc2ccc(Cl)cc2)C1)c1cc(=O)[nH]c2ccccc12. The van der Waals surface area contributed by atoms with Crippen LogP contribution in [0.5, 0.6) is 0 Å². The van der Waals surface area contributed by atoms with E-state index in [-0.39, 0.29) is 37.4 Å². The third-order valence-electron chi connectivity index (χ3n) is 7.53. The molecule has 44 heavy (non-hydrogen) atoms. The summed E-state index contributed by atoms with van der Waals surface area (Å²) in [5.74, 6) is -1.53. The highest BCUT2D eigenvalue weighted by Crippen LogP contribution is 2.37. The van der Waals surface area contributed by atoms with Crippen molar-refractivity contribution in [3.05, 3.63) is 116 Å². The van der Waals surface area contributed by atoms with Gasteiger partial charge in [-0.1, -0.05) is 41.9 Å². The quantitative estimate of drug-likeness (QED) is 0.235. The van der Waals surface area contributed by atoms with E-state index in [1.165, 1.54) is 11.0 Å². The number of para-hydroxylation sites is 1. The first-order valence-corrected chi connectivity index (χ1v) is 13.8. The van der Waals surface area contributed by atoms with Crippen LogP contribution in [0.15, 0.2) is 77.6 Å². The number of halogens is 7. The average Bonchev–Trinajstić information content (AvgIpc) is 2.96. The standard InChI is InChI=1S/C31H24ClF6N3O3/c32-21-7-5-17(6-8-21)11-23-15-22(39-28(43)25-16-27(42)40-26-4-2-1-3-24(25)26)9-10-41(23)29(44)18-12-19(30(33,34)35)14-20(13-18)31(36,37)38/h1-8,12-14,16,22-23H,9-11,15H2,(H,39,43)(H,40,42)/t22-,23+/m0/s1. The van der Waals surface area contributed by atoms with E-state index in [4.69, 9.17) is 11.6 Å². The molecule has 2 N–H and O–H groups in total. The maximum Gasteiger partial charge on any atom is 0.416 e. The number of aromatic nitrogens is 1. The number of piperidine rings is 1. The predicted molar refractivity (Wildman–Crippen MR) is 151 cm³/mol. The summed E-state index contributed by atoms with van der Waals surface area (Å²) in [7, 11) is 0. The Morgan fingerprint density at radius 3 is 2.18 bits per heavy atom. The minimum Gasteiger partial charge on any atom is -0.349 e. The largest absolute Gasteiger partial charge is 0.416 e. The van der Waals surface area contributed by atoms with Gasteiger partial charge in [-0.05, 0) is 61.2 Å². The number of nitrogens with zero attached hydrogens (tertiary/aromatic N) is 1. The Balaban J connectivity index is 1.45. The summed E-state index contributed by atoms with van der Waals surface area (Å²) in [5.41, 5.74) is -3.08. The fourth-order valence-electron chi connectivity index (χ4n) is 5.44. The Morgan fingerprint density at radius 2 is 1.55 bits per heavy atom. The number of H-pyrrole nitrogens is 1. The zero-order valence-electron chi connectivity index (χ0n) is 22.7. The zero-order chi connectivity index (χ0) is 31.8. The van der Waals surface area contributed by atoms with Crippen molar-refractivity contribution in [1.82, 2.24) is 15.2 Å². The van der Waals surface area contributed by atoms with E-state index in [0.29, 0.717) is 33.6 Å². The minimum absolute atomic E-state index is 0.0257. The summed E-state index contributed by atoms with van der Waals surface area (Å²) in [4.78, 5) is 43.0. The van der Waals surface area contributed by atoms with Gasteiger partial charge in [0, 0.05) is 46.2 Å². The van der Waals surface area contributed by atoms with E-state index >= 15 is 0 Å². The molecule has 0 radical (unpaired) electrons. The molecule has 4 aromatic rings. The first kappa shape index (κ1) is 31.1. The van der Waals surface area contributed by atoms with E-state index in [1.807, 2.05) is 0 Å². The number of hydrogen-bond donors (Lipinski definition) is 2. The first-order chi connectivity index (χ1) is 20.7. The second kappa shape index (κ2) is 12.0. The van der Waals surface area contributed by atoms with Crippen LogP contribution in [0.1, 0.15) is 50.2 Å². The van der Waals surface area contributed by atoms with E-state index < -0.39 is 58.5 Å². The monoisotopic (exact) mass is 635 g/mol. The highest BCUT2D eigenvalue weighted by atomic mass is 35.5. The summed E-state index contributed by atoms with van der Waals surface area (Å²) >= 11 is 5.99. The van der Waals surface area contributed by atoms with Crippen LogP contribution < -0.4 is 10.9 Å². The van der Waals surface area contributed by atoms with Crippen molar-refractivity contribution < 1.29 is 35.9 Å². The van der Waals surface area contributed by atoms with Gasteiger partial charge in [-0.15, -0.1) is 0 Å². The van der Waals surface area contributed by atoms with Crippen LogP contribution in [0, 0.1) is 0 Å². The van der Waals surface area contributed by atoms with Crippen molar-refractivity contribution >= 4 is 34.3 Å². The number of hydrogen-bond acceptors (Lipinski definition) is 3. The van der Waals surface area contributed by atoms with Gasteiger partial charge in [0.2, 0.25) is 5.56 Å². The fourth-order valence-corrected chi connectivity index (χ4v) is 5.56. The number of fused-ring (bicyclic) bond motifs is 1. The molecule has 0 bridgehead atoms. The van der Waals surface area contributed by atoms with Crippen LogP contribution >= 0.6 is 11.6 Å². The molecule has 1 fully saturated rings. The fraction of sp³-hybridized carbons (Fsp3) is 0.258. The lowest BCUT2D eigenvalue weighted by molar-refractivity contribution is -0.143. The molecule has 1 saturated heterocycles. The molecule has 5 rings (SSSR count). The molecule has 230 valence electrons. The number of carbonyl (C=O) groups excluding carboxylic acids is 2. The van der Waals surface area contributed by atoms with Crippen LogP contribution in [-0.4, -0.2) is 40.3 Å². The van der Waals surface area contributed by atoms with Gasteiger partial charge in [0.15, 0.2) is 0 Å². The van der Waals surface area contributed by atoms with E-state index in [9.17, 15) is 40.7 Å². The number of rotatable bonds is 5. The van der Waals surface area contributed by atoms with Crippen LogP contribution in [0.25, 0.3) is 10.9 Å². The minimum atomic E-state index is -5.11. The number of likely N-dealkylation sites (tertiary alicyclic amines) is 1. The highest BCUT2D eigenvalue weighted by molar-refractivity contribution is 6.30. The molecule has 0 unspecified atom stereocenters. The van der Waals surface area contributed by atoms with Crippen LogP contribution in [0.2, 0.25) is 5.02 Å².